The van der Waals surface area contributed by atoms with Crippen LogP contribution < -0.4 is 14.8 Å². The van der Waals surface area contributed by atoms with Crippen LogP contribution in [0.15, 0.2) is 24.3 Å². The van der Waals surface area contributed by atoms with Gasteiger partial charge >= 0.3 is 0 Å². The third-order valence-corrected chi connectivity index (χ3v) is 3.35. The Morgan fingerprint density at radius 3 is 3.10 bits per heavy atom. The van der Waals surface area contributed by atoms with E-state index in [1.807, 2.05) is 18.2 Å². The monoisotopic (exact) mass is 275 g/mol. The molecule has 106 valence electrons. The van der Waals surface area contributed by atoms with Crippen molar-refractivity contribution in [2.75, 3.05) is 19.9 Å². The lowest BCUT2D eigenvalue weighted by molar-refractivity contribution is -0.116. The molecule has 1 saturated heterocycles. The molecule has 1 amide bonds. The molecule has 1 unspecified atom stereocenters. The Balaban J connectivity index is 1.52. The van der Waals surface area contributed by atoms with Crippen molar-refractivity contribution in [2.24, 2.45) is 0 Å². The van der Waals surface area contributed by atoms with Gasteiger partial charge in [0, 0.05) is 19.2 Å². The van der Waals surface area contributed by atoms with E-state index in [4.69, 9.17) is 14.2 Å². The number of rotatable bonds is 4. The van der Waals surface area contributed by atoms with Crippen LogP contribution in [0.25, 0.3) is 6.08 Å². The van der Waals surface area contributed by atoms with E-state index in [-0.39, 0.29) is 18.8 Å². The van der Waals surface area contributed by atoms with Crippen molar-refractivity contribution in [3.05, 3.63) is 29.8 Å². The molecule has 0 radical (unpaired) electrons. The van der Waals surface area contributed by atoms with Gasteiger partial charge < -0.3 is 19.5 Å². The summed E-state index contributed by atoms with van der Waals surface area (Å²) in [4.78, 5) is 11.7. The molecular weight excluding hydrogens is 258 g/mol. The summed E-state index contributed by atoms with van der Waals surface area (Å²) in [5.41, 5.74) is 0.904. The number of nitrogens with one attached hydrogen (secondary N) is 1. The van der Waals surface area contributed by atoms with Gasteiger partial charge in [-0.2, -0.15) is 0 Å². The van der Waals surface area contributed by atoms with Gasteiger partial charge in [0.1, 0.15) is 0 Å². The average Bonchev–Trinajstić information content (AvgIpc) is 3.13. The van der Waals surface area contributed by atoms with Gasteiger partial charge in [0.25, 0.3) is 0 Å². The largest absolute Gasteiger partial charge is 0.454 e. The first-order valence-electron chi connectivity index (χ1n) is 6.78. The fourth-order valence-electron chi connectivity index (χ4n) is 2.27. The molecule has 5 nitrogen and oxygen atoms in total. The van der Waals surface area contributed by atoms with Crippen LogP contribution in [0.4, 0.5) is 0 Å². The second-order valence-electron chi connectivity index (χ2n) is 4.83. The average molecular weight is 275 g/mol. The van der Waals surface area contributed by atoms with E-state index in [0.29, 0.717) is 12.3 Å². The highest BCUT2D eigenvalue weighted by Gasteiger charge is 2.15. The zero-order chi connectivity index (χ0) is 13.8. The second-order valence-corrected chi connectivity index (χ2v) is 4.83. The van der Waals surface area contributed by atoms with Crippen molar-refractivity contribution >= 4 is 12.0 Å². The fraction of sp³-hybridized carbons (Fsp3) is 0.400. The summed E-state index contributed by atoms with van der Waals surface area (Å²) in [5.74, 6) is 1.34. The third-order valence-electron chi connectivity index (χ3n) is 3.35. The van der Waals surface area contributed by atoms with Gasteiger partial charge in [0.15, 0.2) is 11.5 Å². The van der Waals surface area contributed by atoms with Gasteiger partial charge in [0.05, 0.1) is 6.10 Å². The zero-order valence-corrected chi connectivity index (χ0v) is 11.1. The number of hydrogen-bond acceptors (Lipinski definition) is 4. The molecule has 2 heterocycles. The van der Waals surface area contributed by atoms with Gasteiger partial charge in [-0.3, -0.25) is 4.79 Å². The highest BCUT2D eigenvalue weighted by molar-refractivity contribution is 5.91. The van der Waals surface area contributed by atoms with Gasteiger partial charge in [-0.15, -0.1) is 0 Å². The molecule has 1 fully saturated rings. The maximum Gasteiger partial charge on any atom is 0.244 e. The standard InChI is InChI=1S/C15H17NO4/c17-15(16-9-12-2-1-7-18-12)6-4-11-3-5-13-14(8-11)20-10-19-13/h3-6,8,12H,1-2,7,9-10H2,(H,16,17). The number of amides is 1. The molecule has 1 N–H and O–H groups in total. The number of benzene rings is 1. The minimum Gasteiger partial charge on any atom is -0.454 e. The summed E-state index contributed by atoms with van der Waals surface area (Å²) in [5, 5.41) is 2.84. The number of carbonyl (C=O) groups is 1. The number of carbonyl (C=O) groups excluding carboxylic acids is 1. The minimum atomic E-state index is -0.113. The first-order chi connectivity index (χ1) is 9.81. The highest BCUT2D eigenvalue weighted by atomic mass is 16.7. The van der Waals surface area contributed by atoms with Crippen molar-refractivity contribution in [2.45, 2.75) is 18.9 Å². The zero-order valence-electron chi connectivity index (χ0n) is 11.1. The minimum absolute atomic E-state index is 0.113. The van der Waals surface area contributed by atoms with Gasteiger partial charge in [-0.1, -0.05) is 6.07 Å². The molecule has 1 atom stereocenters. The lowest BCUT2D eigenvalue weighted by Gasteiger charge is -2.08. The van der Waals surface area contributed by atoms with Gasteiger partial charge in [-0.25, -0.2) is 0 Å². The smallest absolute Gasteiger partial charge is 0.244 e. The first kappa shape index (κ1) is 13.0. The Morgan fingerprint density at radius 1 is 1.35 bits per heavy atom. The van der Waals surface area contributed by atoms with Crippen LogP contribution in [0.5, 0.6) is 11.5 Å². The number of hydrogen-bond donors (Lipinski definition) is 1. The predicted molar refractivity (Wildman–Crippen MR) is 73.6 cm³/mol. The molecule has 1 aromatic carbocycles. The summed E-state index contributed by atoms with van der Waals surface area (Å²) in [6.07, 6.45) is 5.54. The van der Waals surface area contributed by atoms with Crippen molar-refractivity contribution in [1.29, 1.82) is 0 Å². The van der Waals surface area contributed by atoms with E-state index in [9.17, 15) is 4.79 Å². The highest BCUT2D eigenvalue weighted by Crippen LogP contribution is 2.32. The van der Waals surface area contributed by atoms with E-state index in [1.54, 1.807) is 6.08 Å². The lowest BCUT2D eigenvalue weighted by Crippen LogP contribution is -2.30. The second kappa shape index (κ2) is 5.96. The Kier molecular flexibility index (Phi) is 3.87. The van der Waals surface area contributed by atoms with Crippen LogP contribution in [-0.4, -0.2) is 32.0 Å². The van der Waals surface area contributed by atoms with Crippen LogP contribution >= 0.6 is 0 Å². The fourth-order valence-corrected chi connectivity index (χ4v) is 2.27. The molecule has 1 aromatic rings. The summed E-state index contributed by atoms with van der Waals surface area (Å²) >= 11 is 0. The molecule has 20 heavy (non-hydrogen) atoms. The van der Waals surface area contributed by atoms with Crippen molar-refractivity contribution in [3.63, 3.8) is 0 Å². The molecule has 5 heteroatoms. The summed E-state index contributed by atoms with van der Waals surface area (Å²) < 4.78 is 16.0. The molecule has 0 aliphatic carbocycles. The van der Waals surface area contributed by atoms with E-state index in [0.717, 1.165) is 30.8 Å². The molecule has 0 saturated carbocycles. The van der Waals surface area contributed by atoms with E-state index in [2.05, 4.69) is 5.32 Å². The van der Waals surface area contributed by atoms with Crippen molar-refractivity contribution in [3.8, 4) is 11.5 Å². The van der Waals surface area contributed by atoms with Crippen LogP contribution in [0.1, 0.15) is 18.4 Å². The van der Waals surface area contributed by atoms with Crippen LogP contribution in [0.2, 0.25) is 0 Å². The molecule has 0 spiro atoms. The first-order valence-corrected chi connectivity index (χ1v) is 6.78. The van der Waals surface area contributed by atoms with Crippen molar-refractivity contribution in [1.82, 2.24) is 5.32 Å². The van der Waals surface area contributed by atoms with E-state index < -0.39 is 0 Å². The Bertz CT molecular complexity index is 521. The SMILES string of the molecule is O=C(C=Cc1ccc2c(c1)OCO2)NCC1CCCO1. The summed E-state index contributed by atoms with van der Waals surface area (Å²) in [6, 6.07) is 5.58. The summed E-state index contributed by atoms with van der Waals surface area (Å²) in [6.45, 7) is 1.63. The lowest BCUT2D eigenvalue weighted by atomic mass is 10.2. The van der Waals surface area contributed by atoms with Crippen LogP contribution in [0, 0.1) is 0 Å². The topological polar surface area (TPSA) is 56.8 Å². The Morgan fingerprint density at radius 2 is 2.25 bits per heavy atom. The normalized spacial score (nSPS) is 20.5. The van der Waals surface area contributed by atoms with Crippen LogP contribution in [0.3, 0.4) is 0 Å². The maximum atomic E-state index is 11.7. The molecule has 2 aliphatic rings. The molecule has 2 aliphatic heterocycles. The third kappa shape index (κ3) is 3.11. The van der Waals surface area contributed by atoms with Gasteiger partial charge in [0.2, 0.25) is 12.7 Å². The molecule has 0 aromatic heterocycles. The van der Waals surface area contributed by atoms with Crippen molar-refractivity contribution < 1.29 is 19.0 Å². The van der Waals surface area contributed by atoms with E-state index in [1.165, 1.54) is 6.08 Å². The Labute approximate surface area is 117 Å². The molecular formula is C15H17NO4. The van der Waals surface area contributed by atoms with Gasteiger partial charge in [-0.05, 0) is 36.6 Å². The number of ether oxygens (including phenoxy) is 3. The summed E-state index contributed by atoms with van der Waals surface area (Å²) in [7, 11) is 0. The molecule has 0 bridgehead atoms. The van der Waals surface area contributed by atoms with E-state index >= 15 is 0 Å². The maximum absolute atomic E-state index is 11.7. The number of fused-ring (bicyclic) bond motifs is 1. The predicted octanol–water partition coefficient (Wildman–Crippen LogP) is 1.72. The Hall–Kier alpha value is -2.01. The quantitative estimate of drug-likeness (QED) is 0.850. The molecule has 3 rings (SSSR count). The van der Waals surface area contributed by atoms with Crippen LogP contribution in [-0.2, 0) is 9.53 Å².